The summed E-state index contributed by atoms with van der Waals surface area (Å²) in [5.74, 6) is -1.70. The highest BCUT2D eigenvalue weighted by atomic mass is 19.3. The van der Waals surface area contributed by atoms with Crippen LogP contribution in [0.5, 0.6) is 0 Å². The number of hydrazine groups is 1. The van der Waals surface area contributed by atoms with Crippen molar-refractivity contribution in [3.05, 3.63) is 24.1 Å². The first-order chi connectivity index (χ1) is 8.57. The highest BCUT2D eigenvalue weighted by Gasteiger charge is 2.42. The summed E-state index contributed by atoms with van der Waals surface area (Å²) in [4.78, 5) is 0. The first-order valence-corrected chi connectivity index (χ1v) is 6.55. The van der Waals surface area contributed by atoms with Crippen LogP contribution in [0.1, 0.15) is 25.7 Å². The van der Waals surface area contributed by atoms with E-state index in [-0.39, 0.29) is 18.9 Å². The topological polar surface area (TPSA) is 26.7 Å². The van der Waals surface area contributed by atoms with E-state index in [1.807, 2.05) is 16.2 Å². The number of piperidine rings is 1. The van der Waals surface area contributed by atoms with Crippen LogP contribution in [0, 0.1) is 5.92 Å². The van der Waals surface area contributed by atoms with Gasteiger partial charge in [-0.05, 0) is 30.9 Å². The number of hydrogen-bond acceptors (Lipinski definition) is 3. The summed E-state index contributed by atoms with van der Waals surface area (Å²) in [5.41, 5.74) is 0. The monoisotopic (exact) mass is 256 g/mol. The maximum absolute atomic E-state index is 13.2. The Kier molecular flexibility index (Phi) is 2.81. The molecule has 1 N–H and O–H groups in total. The molecule has 2 aliphatic heterocycles. The highest BCUT2D eigenvalue weighted by Crippen LogP contribution is 2.41. The third kappa shape index (κ3) is 2.23. The Balaban J connectivity index is 1.71. The van der Waals surface area contributed by atoms with E-state index in [1.54, 1.807) is 12.2 Å². The van der Waals surface area contributed by atoms with Crippen LogP contribution in [0.4, 0.5) is 8.78 Å². The molecule has 0 aromatic rings. The van der Waals surface area contributed by atoms with E-state index >= 15 is 0 Å². The third-order valence-electron chi connectivity index (χ3n) is 3.96. The van der Waals surface area contributed by atoms with E-state index in [1.165, 1.54) is 0 Å². The molecule has 0 radical (unpaired) electrons. The predicted octanol–water partition coefficient (Wildman–Crippen LogP) is 2.68. The van der Waals surface area contributed by atoms with E-state index in [2.05, 4.69) is 0 Å². The average molecular weight is 256 g/mol. The standard InChI is InChI=1S/C13H18F2N2O/c14-13(15)5-8-16(9-6-13)17-7-1-2-11(18)12(17)10-3-4-10/h1-2,7,10,12,18H,3-6,8-9H2. The summed E-state index contributed by atoms with van der Waals surface area (Å²) in [6.45, 7) is 0.710. The molecule has 100 valence electrons. The Morgan fingerprint density at radius 1 is 1.22 bits per heavy atom. The number of halogens is 2. The normalized spacial score (nSPS) is 32.4. The van der Waals surface area contributed by atoms with Gasteiger partial charge in [0.15, 0.2) is 0 Å². The van der Waals surface area contributed by atoms with Crippen molar-refractivity contribution in [2.75, 3.05) is 13.1 Å². The van der Waals surface area contributed by atoms with Crippen LogP contribution in [0.3, 0.4) is 0 Å². The zero-order valence-electron chi connectivity index (χ0n) is 10.2. The second-order valence-electron chi connectivity index (χ2n) is 5.40. The molecule has 5 heteroatoms. The van der Waals surface area contributed by atoms with Gasteiger partial charge in [-0.1, -0.05) is 0 Å². The van der Waals surface area contributed by atoms with Gasteiger partial charge in [0.1, 0.15) is 11.8 Å². The molecule has 1 unspecified atom stereocenters. The van der Waals surface area contributed by atoms with Crippen LogP contribution < -0.4 is 0 Å². The highest BCUT2D eigenvalue weighted by molar-refractivity contribution is 5.20. The minimum absolute atomic E-state index is 0.0401. The molecule has 1 saturated heterocycles. The van der Waals surface area contributed by atoms with Gasteiger partial charge in [-0.2, -0.15) is 0 Å². The van der Waals surface area contributed by atoms with Crippen molar-refractivity contribution in [1.82, 2.24) is 10.0 Å². The van der Waals surface area contributed by atoms with Crippen molar-refractivity contribution < 1.29 is 13.9 Å². The van der Waals surface area contributed by atoms with Gasteiger partial charge in [0.05, 0.1) is 0 Å². The number of aliphatic hydroxyl groups excluding tert-OH is 1. The molecule has 2 fully saturated rings. The number of alkyl halides is 2. The summed E-state index contributed by atoms with van der Waals surface area (Å²) < 4.78 is 26.3. The Morgan fingerprint density at radius 2 is 1.89 bits per heavy atom. The van der Waals surface area contributed by atoms with Gasteiger partial charge < -0.3 is 10.1 Å². The van der Waals surface area contributed by atoms with E-state index in [4.69, 9.17) is 0 Å². The van der Waals surface area contributed by atoms with Crippen LogP contribution in [-0.4, -0.2) is 40.2 Å². The van der Waals surface area contributed by atoms with Crippen LogP contribution in [0.2, 0.25) is 0 Å². The van der Waals surface area contributed by atoms with Gasteiger partial charge >= 0.3 is 0 Å². The van der Waals surface area contributed by atoms with Crippen molar-refractivity contribution in [2.45, 2.75) is 37.6 Å². The fourth-order valence-electron chi connectivity index (χ4n) is 2.75. The fraction of sp³-hybridized carbons (Fsp3) is 0.692. The van der Waals surface area contributed by atoms with Crippen LogP contribution >= 0.6 is 0 Å². The van der Waals surface area contributed by atoms with E-state index < -0.39 is 5.92 Å². The number of allylic oxidation sites excluding steroid dienone is 2. The fourth-order valence-corrected chi connectivity index (χ4v) is 2.75. The predicted molar refractivity (Wildman–Crippen MR) is 64.0 cm³/mol. The molecule has 3 nitrogen and oxygen atoms in total. The van der Waals surface area contributed by atoms with Gasteiger partial charge in [0.25, 0.3) is 5.92 Å². The minimum Gasteiger partial charge on any atom is -0.510 e. The molecule has 1 saturated carbocycles. The molecule has 18 heavy (non-hydrogen) atoms. The smallest absolute Gasteiger partial charge is 0.250 e. The zero-order chi connectivity index (χ0) is 12.8. The van der Waals surface area contributed by atoms with Crippen LogP contribution in [0.15, 0.2) is 24.1 Å². The van der Waals surface area contributed by atoms with Gasteiger partial charge in [-0.15, -0.1) is 0 Å². The maximum Gasteiger partial charge on any atom is 0.250 e. The summed E-state index contributed by atoms with van der Waals surface area (Å²) in [6.07, 6.45) is 7.40. The molecule has 2 heterocycles. The SMILES string of the molecule is OC1=CC=CN(N2CCC(F)(F)CC2)C1C1CC1. The number of aliphatic hydroxyl groups is 1. The number of rotatable bonds is 2. The summed E-state index contributed by atoms with van der Waals surface area (Å²) in [5, 5.41) is 13.9. The molecule has 3 aliphatic rings. The van der Waals surface area contributed by atoms with E-state index in [0.717, 1.165) is 12.8 Å². The lowest BCUT2D eigenvalue weighted by Crippen LogP contribution is -2.52. The Morgan fingerprint density at radius 3 is 2.50 bits per heavy atom. The summed E-state index contributed by atoms with van der Waals surface area (Å²) >= 11 is 0. The Hall–Kier alpha value is -1.10. The van der Waals surface area contributed by atoms with E-state index in [9.17, 15) is 13.9 Å². The number of hydrogen-bond donors (Lipinski definition) is 1. The first kappa shape index (κ1) is 12.0. The minimum atomic E-state index is -2.52. The molecule has 0 aromatic heterocycles. The average Bonchev–Trinajstić information content (AvgIpc) is 3.13. The quantitative estimate of drug-likeness (QED) is 0.823. The summed E-state index contributed by atoms with van der Waals surface area (Å²) in [6, 6.07) is -0.0401. The molecule has 0 bridgehead atoms. The van der Waals surface area contributed by atoms with E-state index in [0.29, 0.717) is 24.8 Å². The van der Waals surface area contributed by atoms with Crippen molar-refractivity contribution in [1.29, 1.82) is 0 Å². The first-order valence-electron chi connectivity index (χ1n) is 6.55. The van der Waals surface area contributed by atoms with Crippen molar-refractivity contribution in [3.63, 3.8) is 0 Å². The Bertz CT molecular complexity index is 380. The van der Waals surface area contributed by atoms with Gasteiger partial charge in [0, 0.05) is 32.1 Å². The second-order valence-corrected chi connectivity index (χ2v) is 5.40. The largest absolute Gasteiger partial charge is 0.510 e. The molecule has 0 aromatic carbocycles. The van der Waals surface area contributed by atoms with Crippen molar-refractivity contribution >= 4 is 0 Å². The molecular formula is C13H18F2N2O. The lowest BCUT2D eigenvalue weighted by atomic mass is 10.1. The molecule has 1 aliphatic carbocycles. The molecular weight excluding hydrogens is 238 g/mol. The summed E-state index contributed by atoms with van der Waals surface area (Å²) in [7, 11) is 0. The van der Waals surface area contributed by atoms with Crippen LogP contribution in [0.25, 0.3) is 0 Å². The molecule has 0 spiro atoms. The van der Waals surface area contributed by atoms with Gasteiger partial charge in [0.2, 0.25) is 0 Å². The third-order valence-corrected chi connectivity index (χ3v) is 3.96. The maximum atomic E-state index is 13.2. The zero-order valence-corrected chi connectivity index (χ0v) is 10.2. The molecule has 3 rings (SSSR count). The molecule has 1 atom stereocenters. The second kappa shape index (κ2) is 4.23. The van der Waals surface area contributed by atoms with Crippen molar-refractivity contribution in [2.24, 2.45) is 5.92 Å². The molecule has 0 amide bonds. The lowest BCUT2D eigenvalue weighted by molar-refractivity contribution is -0.116. The van der Waals surface area contributed by atoms with Crippen LogP contribution in [-0.2, 0) is 0 Å². The Labute approximate surface area is 105 Å². The van der Waals surface area contributed by atoms with Gasteiger partial charge in [-0.25, -0.2) is 13.8 Å². The van der Waals surface area contributed by atoms with Crippen molar-refractivity contribution in [3.8, 4) is 0 Å². The van der Waals surface area contributed by atoms with Gasteiger partial charge in [-0.3, -0.25) is 0 Å². The number of nitrogens with zero attached hydrogens (tertiary/aromatic N) is 2. The lowest BCUT2D eigenvalue weighted by Gasteiger charge is -2.44.